The second-order valence-corrected chi connectivity index (χ2v) is 4.53. The van der Waals surface area contributed by atoms with Crippen LogP contribution >= 0.6 is 0 Å². The van der Waals surface area contributed by atoms with E-state index in [4.69, 9.17) is 0 Å². The summed E-state index contributed by atoms with van der Waals surface area (Å²) >= 11 is 0. The van der Waals surface area contributed by atoms with Crippen LogP contribution in [-0.2, 0) is 7.05 Å². The van der Waals surface area contributed by atoms with E-state index >= 15 is 0 Å². The molecule has 0 radical (unpaired) electrons. The van der Waals surface area contributed by atoms with Gasteiger partial charge in [0.1, 0.15) is 6.07 Å². The number of nitrogens with one attached hydrogen (secondary N) is 1. The normalized spacial score (nSPS) is 11.3. The standard InChI is InChI=1S/C16H13N5/c1-21-15-10-6-5-9-13(15)18-16(21)14(11-17)20-19-12-7-3-2-4-8-12/h2-10,19H,1H3. The molecule has 0 bridgehead atoms. The highest BCUT2D eigenvalue weighted by molar-refractivity contribution is 6.11. The summed E-state index contributed by atoms with van der Waals surface area (Å²) in [5.41, 5.74) is 5.76. The van der Waals surface area contributed by atoms with Crippen LogP contribution in [0.4, 0.5) is 5.69 Å². The Bertz CT molecular complexity index is 840. The molecular formula is C16H13N5. The molecule has 2 aromatic carbocycles. The zero-order valence-electron chi connectivity index (χ0n) is 11.5. The summed E-state index contributed by atoms with van der Waals surface area (Å²) in [6.45, 7) is 0. The number of aryl methyl sites for hydroxylation is 1. The highest BCUT2D eigenvalue weighted by Gasteiger charge is 2.13. The van der Waals surface area contributed by atoms with Crippen molar-refractivity contribution >= 4 is 22.4 Å². The zero-order valence-corrected chi connectivity index (χ0v) is 11.5. The smallest absolute Gasteiger partial charge is 0.203 e. The molecule has 0 saturated carbocycles. The fourth-order valence-electron chi connectivity index (χ4n) is 2.12. The second kappa shape index (κ2) is 5.47. The molecule has 5 nitrogen and oxygen atoms in total. The number of benzene rings is 2. The fourth-order valence-corrected chi connectivity index (χ4v) is 2.12. The van der Waals surface area contributed by atoms with E-state index in [0.29, 0.717) is 5.82 Å². The number of hydrogen-bond donors (Lipinski definition) is 1. The largest absolute Gasteiger partial charge is 0.325 e. The van der Waals surface area contributed by atoms with Crippen molar-refractivity contribution in [3.63, 3.8) is 0 Å². The molecule has 3 rings (SSSR count). The van der Waals surface area contributed by atoms with Crippen molar-refractivity contribution < 1.29 is 0 Å². The van der Waals surface area contributed by atoms with Crippen LogP contribution in [0.3, 0.4) is 0 Å². The molecule has 1 N–H and O–H groups in total. The summed E-state index contributed by atoms with van der Waals surface area (Å²) in [5, 5.41) is 13.5. The lowest BCUT2D eigenvalue weighted by atomic mass is 10.3. The maximum Gasteiger partial charge on any atom is 0.203 e. The van der Waals surface area contributed by atoms with E-state index in [1.807, 2.05) is 66.2 Å². The molecule has 0 spiro atoms. The quantitative estimate of drug-likeness (QED) is 0.590. The van der Waals surface area contributed by atoms with Crippen LogP contribution in [0.1, 0.15) is 5.82 Å². The van der Waals surface area contributed by atoms with Gasteiger partial charge >= 0.3 is 0 Å². The molecule has 1 aromatic heterocycles. The number of aromatic nitrogens is 2. The van der Waals surface area contributed by atoms with Gasteiger partial charge in [0.2, 0.25) is 5.71 Å². The third kappa shape index (κ3) is 2.47. The summed E-state index contributed by atoms with van der Waals surface area (Å²) < 4.78 is 1.87. The Morgan fingerprint density at radius 1 is 1.14 bits per heavy atom. The van der Waals surface area contributed by atoms with Crippen molar-refractivity contribution in [2.45, 2.75) is 0 Å². The minimum absolute atomic E-state index is 0.248. The van der Waals surface area contributed by atoms with Crippen molar-refractivity contribution in [2.24, 2.45) is 12.1 Å². The molecule has 0 unspecified atom stereocenters. The first-order valence-corrected chi connectivity index (χ1v) is 6.50. The van der Waals surface area contributed by atoms with Gasteiger partial charge in [0.15, 0.2) is 5.82 Å². The highest BCUT2D eigenvalue weighted by atomic mass is 15.3. The van der Waals surface area contributed by atoms with Crippen LogP contribution in [0.5, 0.6) is 0 Å². The lowest BCUT2D eigenvalue weighted by molar-refractivity contribution is 0.929. The van der Waals surface area contributed by atoms with E-state index in [0.717, 1.165) is 16.7 Å². The van der Waals surface area contributed by atoms with Gasteiger partial charge in [-0.15, -0.1) is 0 Å². The third-order valence-corrected chi connectivity index (χ3v) is 3.18. The van der Waals surface area contributed by atoms with Crippen molar-refractivity contribution in [1.82, 2.24) is 9.55 Å². The topological polar surface area (TPSA) is 66.0 Å². The number of para-hydroxylation sites is 3. The first-order valence-electron chi connectivity index (χ1n) is 6.50. The molecule has 0 aliphatic carbocycles. The molecule has 0 fully saturated rings. The van der Waals surface area contributed by atoms with Crippen LogP contribution in [-0.4, -0.2) is 15.3 Å². The van der Waals surface area contributed by atoms with Gasteiger partial charge in [-0.05, 0) is 24.3 Å². The number of fused-ring (bicyclic) bond motifs is 1. The molecule has 0 amide bonds. The summed E-state index contributed by atoms with van der Waals surface area (Å²) in [5.74, 6) is 0.544. The number of hydrogen-bond acceptors (Lipinski definition) is 4. The monoisotopic (exact) mass is 275 g/mol. The summed E-state index contributed by atoms with van der Waals surface area (Å²) in [6, 6.07) is 19.3. The minimum Gasteiger partial charge on any atom is -0.325 e. The lowest BCUT2D eigenvalue weighted by Gasteiger charge is -2.02. The number of nitrogens with zero attached hydrogens (tertiary/aromatic N) is 4. The van der Waals surface area contributed by atoms with Gasteiger partial charge in [0, 0.05) is 7.05 Å². The molecule has 3 aromatic rings. The average Bonchev–Trinajstić information content (AvgIpc) is 2.87. The highest BCUT2D eigenvalue weighted by Crippen LogP contribution is 2.15. The van der Waals surface area contributed by atoms with Crippen molar-refractivity contribution in [3.8, 4) is 6.07 Å². The maximum absolute atomic E-state index is 9.33. The number of nitriles is 1. The van der Waals surface area contributed by atoms with Gasteiger partial charge < -0.3 is 4.57 Å². The zero-order chi connectivity index (χ0) is 14.7. The Hall–Kier alpha value is -3.13. The lowest BCUT2D eigenvalue weighted by Crippen LogP contribution is -2.08. The van der Waals surface area contributed by atoms with Gasteiger partial charge in [-0.3, -0.25) is 5.43 Å². The molecule has 21 heavy (non-hydrogen) atoms. The van der Waals surface area contributed by atoms with Crippen LogP contribution in [0, 0.1) is 11.3 Å². The molecule has 0 aliphatic rings. The third-order valence-electron chi connectivity index (χ3n) is 3.18. The minimum atomic E-state index is 0.248. The number of rotatable bonds is 3. The molecular weight excluding hydrogens is 262 g/mol. The Morgan fingerprint density at radius 3 is 2.57 bits per heavy atom. The van der Waals surface area contributed by atoms with Gasteiger partial charge in [-0.2, -0.15) is 10.4 Å². The second-order valence-electron chi connectivity index (χ2n) is 4.53. The Labute approximate surface area is 122 Å². The first-order chi connectivity index (χ1) is 10.3. The summed E-state index contributed by atoms with van der Waals surface area (Å²) in [7, 11) is 1.88. The van der Waals surface area contributed by atoms with Gasteiger partial charge in [0.05, 0.1) is 16.7 Å². The van der Waals surface area contributed by atoms with E-state index < -0.39 is 0 Å². The summed E-state index contributed by atoms with van der Waals surface area (Å²) in [4.78, 5) is 4.47. The molecule has 0 saturated heterocycles. The predicted molar refractivity (Wildman–Crippen MR) is 82.9 cm³/mol. The molecule has 1 heterocycles. The van der Waals surface area contributed by atoms with E-state index in [-0.39, 0.29) is 5.71 Å². The Kier molecular flexibility index (Phi) is 3.36. The molecule has 0 atom stereocenters. The molecule has 0 aliphatic heterocycles. The number of anilines is 1. The van der Waals surface area contributed by atoms with Crippen LogP contribution in [0.2, 0.25) is 0 Å². The SMILES string of the molecule is Cn1c(C(C#N)=NNc2ccccc2)nc2ccccc21. The van der Waals surface area contributed by atoms with Gasteiger partial charge in [-0.1, -0.05) is 30.3 Å². The first kappa shape index (κ1) is 12.9. The van der Waals surface area contributed by atoms with E-state index in [2.05, 4.69) is 21.6 Å². The maximum atomic E-state index is 9.33. The van der Waals surface area contributed by atoms with Crippen molar-refractivity contribution in [1.29, 1.82) is 5.26 Å². The van der Waals surface area contributed by atoms with E-state index in [9.17, 15) is 5.26 Å². The predicted octanol–water partition coefficient (Wildman–Crippen LogP) is 2.91. The summed E-state index contributed by atoms with van der Waals surface area (Å²) in [6.07, 6.45) is 0. The van der Waals surface area contributed by atoms with E-state index in [1.54, 1.807) is 0 Å². The average molecular weight is 275 g/mol. The van der Waals surface area contributed by atoms with Crippen LogP contribution in [0.15, 0.2) is 59.7 Å². The Balaban J connectivity index is 1.99. The fraction of sp³-hybridized carbons (Fsp3) is 0.0625. The Morgan fingerprint density at radius 2 is 1.86 bits per heavy atom. The van der Waals surface area contributed by atoms with Crippen molar-refractivity contribution in [3.05, 3.63) is 60.4 Å². The van der Waals surface area contributed by atoms with Crippen LogP contribution in [0.25, 0.3) is 11.0 Å². The number of imidazole rings is 1. The van der Waals surface area contributed by atoms with E-state index in [1.165, 1.54) is 0 Å². The van der Waals surface area contributed by atoms with Crippen LogP contribution < -0.4 is 5.43 Å². The number of hydrazone groups is 1. The van der Waals surface area contributed by atoms with Gasteiger partial charge in [-0.25, -0.2) is 4.98 Å². The van der Waals surface area contributed by atoms with Crippen molar-refractivity contribution in [2.75, 3.05) is 5.43 Å². The molecule has 102 valence electrons. The van der Waals surface area contributed by atoms with Gasteiger partial charge in [0.25, 0.3) is 0 Å². The molecule has 5 heteroatoms.